The van der Waals surface area contributed by atoms with Gasteiger partial charge in [0.1, 0.15) is 0 Å². The van der Waals surface area contributed by atoms with Crippen LogP contribution in [0.3, 0.4) is 0 Å². The second-order valence-corrected chi connectivity index (χ2v) is 9.41. The first kappa shape index (κ1) is 16.8. The van der Waals surface area contributed by atoms with Gasteiger partial charge in [0, 0.05) is 16.8 Å². The minimum atomic E-state index is -2.97. The van der Waals surface area contributed by atoms with Gasteiger partial charge in [-0.05, 0) is 18.6 Å². The lowest BCUT2D eigenvalue weighted by molar-refractivity contribution is -0.117. The van der Waals surface area contributed by atoms with Gasteiger partial charge in [0.25, 0.3) is 5.91 Å². The maximum Gasteiger partial charge on any atom is 0.252 e. The molecule has 0 bridgehead atoms. The number of thioether (sulfide) groups is 1. The Morgan fingerprint density at radius 3 is 2.83 bits per heavy atom. The summed E-state index contributed by atoms with van der Waals surface area (Å²) in [5.74, 6) is 0.0501. The lowest BCUT2D eigenvalue weighted by atomic mass is 10.1. The molecule has 0 unspecified atom stereocenters. The molecule has 2 aliphatic rings. The Hall–Kier alpha value is -1.05. The van der Waals surface area contributed by atoms with Crippen molar-refractivity contribution in [3.63, 3.8) is 0 Å². The van der Waals surface area contributed by atoms with E-state index >= 15 is 0 Å². The summed E-state index contributed by atoms with van der Waals surface area (Å²) in [5, 5.41) is 1.16. The number of sulfone groups is 1. The molecule has 2 fully saturated rings. The van der Waals surface area contributed by atoms with Crippen LogP contribution in [0.15, 0.2) is 29.3 Å². The van der Waals surface area contributed by atoms with E-state index in [1.54, 1.807) is 12.1 Å². The summed E-state index contributed by atoms with van der Waals surface area (Å²) in [4.78, 5) is 18.4. The van der Waals surface area contributed by atoms with Crippen LogP contribution in [0.1, 0.15) is 12.5 Å². The normalized spacial score (nSPS) is 27.4. The third kappa shape index (κ3) is 3.56. The summed E-state index contributed by atoms with van der Waals surface area (Å²) in [6.07, 6.45) is 0.148. The highest BCUT2D eigenvalue weighted by molar-refractivity contribution is 8.15. The molecule has 1 aromatic rings. The van der Waals surface area contributed by atoms with Crippen LogP contribution in [0.5, 0.6) is 0 Å². The number of halogens is 1. The average Bonchev–Trinajstić information content (AvgIpc) is 2.92. The van der Waals surface area contributed by atoms with Crippen LogP contribution >= 0.6 is 23.4 Å². The van der Waals surface area contributed by atoms with Crippen molar-refractivity contribution >= 4 is 44.3 Å². The summed E-state index contributed by atoms with van der Waals surface area (Å²) < 4.78 is 23.5. The van der Waals surface area contributed by atoms with Crippen molar-refractivity contribution in [3.05, 3.63) is 34.9 Å². The number of nitrogens with zero attached hydrogens (tertiary/aromatic N) is 2. The van der Waals surface area contributed by atoms with Crippen molar-refractivity contribution in [3.8, 4) is 0 Å². The van der Waals surface area contributed by atoms with Gasteiger partial charge in [-0.25, -0.2) is 8.42 Å². The standard InChI is InChI=1S/C15H17ClN2O3S2/c1-2-18-12-8-23(20,21)9-13(12)22-15(18)17-14(19)7-10-5-3-4-6-11(10)16/h3-6,12-13H,2,7-9H2,1H3/t12-,13+/m0/s1. The fourth-order valence-electron chi connectivity index (χ4n) is 2.96. The quantitative estimate of drug-likeness (QED) is 0.811. The summed E-state index contributed by atoms with van der Waals surface area (Å²) in [5.41, 5.74) is 0.748. The smallest absolute Gasteiger partial charge is 0.252 e. The second-order valence-electron chi connectivity index (χ2n) is 5.64. The number of amides is 1. The third-order valence-corrected chi connectivity index (χ3v) is 7.65. The number of fused-ring (bicyclic) bond motifs is 1. The van der Waals surface area contributed by atoms with Crippen LogP contribution in [-0.2, 0) is 21.1 Å². The topological polar surface area (TPSA) is 66.8 Å². The first-order chi connectivity index (χ1) is 10.9. The Morgan fingerprint density at radius 1 is 1.39 bits per heavy atom. The highest BCUT2D eigenvalue weighted by Crippen LogP contribution is 2.37. The summed E-state index contributed by atoms with van der Waals surface area (Å²) in [7, 11) is -2.97. The molecule has 1 amide bonds. The second kappa shape index (κ2) is 6.45. The fourth-order valence-corrected chi connectivity index (χ4v) is 7.19. The molecule has 0 spiro atoms. The van der Waals surface area contributed by atoms with Gasteiger partial charge in [0.05, 0.1) is 24.0 Å². The molecule has 2 atom stereocenters. The summed E-state index contributed by atoms with van der Waals surface area (Å²) in [6.45, 7) is 2.59. The molecule has 3 rings (SSSR count). The third-order valence-electron chi connectivity index (χ3n) is 4.04. The lowest BCUT2D eigenvalue weighted by Gasteiger charge is -2.22. The van der Waals surface area contributed by atoms with Gasteiger partial charge >= 0.3 is 0 Å². The van der Waals surface area contributed by atoms with Gasteiger partial charge in [0.15, 0.2) is 15.0 Å². The Bertz CT molecular complexity index is 764. The van der Waals surface area contributed by atoms with Gasteiger partial charge in [-0.15, -0.1) is 0 Å². The molecular weight excluding hydrogens is 356 g/mol. The van der Waals surface area contributed by atoms with Crippen LogP contribution in [0.4, 0.5) is 0 Å². The van der Waals surface area contributed by atoms with Crippen LogP contribution in [-0.4, -0.2) is 53.7 Å². The van der Waals surface area contributed by atoms with Crippen molar-refractivity contribution in [2.24, 2.45) is 4.99 Å². The molecule has 0 aliphatic carbocycles. The Balaban J connectivity index is 1.75. The van der Waals surface area contributed by atoms with E-state index in [0.717, 1.165) is 5.56 Å². The van der Waals surface area contributed by atoms with Crippen molar-refractivity contribution in [2.45, 2.75) is 24.6 Å². The highest BCUT2D eigenvalue weighted by atomic mass is 35.5. The molecule has 2 aliphatic heterocycles. The summed E-state index contributed by atoms with van der Waals surface area (Å²) >= 11 is 7.47. The Kier molecular flexibility index (Phi) is 4.71. The van der Waals surface area contributed by atoms with Crippen LogP contribution in [0.2, 0.25) is 5.02 Å². The number of hydrogen-bond donors (Lipinski definition) is 0. The van der Waals surface area contributed by atoms with E-state index in [9.17, 15) is 13.2 Å². The van der Waals surface area contributed by atoms with E-state index in [4.69, 9.17) is 11.6 Å². The van der Waals surface area contributed by atoms with Crippen molar-refractivity contribution in [2.75, 3.05) is 18.1 Å². The molecular formula is C15H17ClN2O3S2. The molecule has 0 saturated carbocycles. The lowest BCUT2D eigenvalue weighted by Crippen LogP contribution is -2.37. The zero-order valence-electron chi connectivity index (χ0n) is 12.6. The fraction of sp³-hybridized carbons (Fsp3) is 0.467. The SMILES string of the molecule is CCN1C(=NC(=O)Cc2ccccc2Cl)S[C@@H]2CS(=O)(=O)C[C@@H]21. The predicted octanol–water partition coefficient (Wildman–Crippen LogP) is 2.00. The molecule has 0 radical (unpaired) electrons. The van der Waals surface area contributed by atoms with Gasteiger partial charge in [-0.3, -0.25) is 4.79 Å². The number of rotatable bonds is 3. The van der Waals surface area contributed by atoms with Gasteiger partial charge < -0.3 is 4.90 Å². The van der Waals surface area contributed by atoms with Gasteiger partial charge in [0.2, 0.25) is 0 Å². The van der Waals surface area contributed by atoms with Crippen molar-refractivity contribution in [1.82, 2.24) is 4.90 Å². The molecule has 2 saturated heterocycles. The number of amidine groups is 1. The minimum Gasteiger partial charge on any atom is -0.346 e. The van der Waals surface area contributed by atoms with Crippen molar-refractivity contribution < 1.29 is 13.2 Å². The van der Waals surface area contributed by atoms with E-state index in [-0.39, 0.29) is 35.1 Å². The first-order valence-corrected chi connectivity index (χ1v) is 10.5. The zero-order valence-corrected chi connectivity index (χ0v) is 15.0. The molecule has 8 heteroatoms. The monoisotopic (exact) mass is 372 g/mol. The Morgan fingerprint density at radius 2 is 2.13 bits per heavy atom. The number of carbonyl (C=O) groups excluding carboxylic acids is 1. The first-order valence-electron chi connectivity index (χ1n) is 7.38. The maximum atomic E-state index is 12.2. The van der Waals surface area contributed by atoms with Crippen molar-refractivity contribution in [1.29, 1.82) is 0 Å². The molecule has 0 N–H and O–H groups in total. The van der Waals surface area contributed by atoms with Crippen LogP contribution in [0, 0.1) is 0 Å². The molecule has 124 valence electrons. The van der Waals surface area contributed by atoms with E-state index in [1.807, 2.05) is 24.0 Å². The molecule has 5 nitrogen and oxygen atoms in total. The molecule has 0 aromatic heterocycles. The number of benzene rings is 1. The van der Waals surface area contributed by atoms with E-state index in [2.05, 4.69) is 4.99 Å². The predicted molar refractivity (Wildman–Crippen MR) is 93.8 cm³/mol. The zero-order chi connectivity index (χ0) is 16.6. The Labute approximate surface area is 145 Å². The molecule has 23 heavy (non-hydrogen) atoms. The van der Waals surface area contributed by atoms with Gasteiger partial charge in [-0.2, -0.15) is 4.99 Å². The van der Waals surface area contributed by atoms with Crippen LogP contribution < -0.4 is 0 Å². The average molecular weight is 373 g/mol. The van der Waals surface area contributed by atoms with E-state index in [0.29, 0.717) is 16.7 Å². The highest BCUT2D eigenvalue weighted by Gasteiger charge is 2.48. The number of carbonyl (C=O) groups is 1. The molecule has 2 heterocycles. The maximum absolute atomic E-state index is 12.2. The van der Waals surface area contributed by atoms with E-state index < -0.39 is 9.84 Å². The minimum absolute atomic E-state index is 0.0215. The largest absolute Gasteiger partial charge is 0.346 e. The number of hydrogen-bond acceptors (Lipinski definition) is 4. The number of aliphatic imine (C=N–C) groups is 1. The summed E-state index contributed by atoms with van der Waals surface area (Å²) in [6, 6.07) is 7.13. The van der Waals surface area contributed by atoms with E-state index in [1.165, 1.54) is 11.8 Å². The van der Waals surface area contributed by atoms with Crippen LogP contribution in [0.25, 0.3) is 0 Å². The molecule has 1 aromatic carbocycles. The van der Waals surface area contributed by atoms with Gasteiger partial charge in [-0.1, -0.05) is 41.6 Å².